The number of hydrogen-bond donors (Lipinski definition) is 3. The lowest BCUT2D eigenvalue weighted by molar-refractivity contribution is -0.125. The van der Waals surface area contributed by atoms with Crippen LogP contribution in [0.5, 0.6) is 17.2 Å². The van der Waals surface area contributed by atoms with Crippen molar-refractivity contribution in [1.29, 1.82) is 0 Å². The molecule has 2 aromatic carbocycles. The molecule has 1 saturated heterocycles. The van der Waals surface area contributed by atoms with Crippen LogP contribution in [0.4, 0.5) is 0 Å². The number of nitrogens with one attached hydrogen (secondary N) is 3. The number of rotatable bonds is 8. The fourth-order valence-electron chi connectivity index (χ4n) is 3.57. The number of amides is 1. The van der Waals surface area contributed by atoms with Crippen molar-refractivity contribution in [3.8, 4) is 17.2 Å². The van der Waals surface area contributed by atoms with Crippen LogP contribution < -0.4 is 30.4 Å². The van der Waals surface area contributed by atoms with Gasteiger partial charge < -0.3 is 19.5 Å². The molecule has 3 atom stereocenters. The zero-order valence-corrected chi connectivity index (χ0v) is 18.4. The zero-order chi connectivity index (χ0) is 21.7. The maximum Gasteiger partial charge on any atom is 0.226 e. The molecule has 1 heterocycles. The molecule has 1 fully saturated rings. The summed E-state index contributed by atoms with van der Waals surface area (Å²) in [6.07, 6.45) is 0. The van der Waals surface area contributed by atoms with Gasteiger partial charge in [-0.2, -0.15) is 0 Å². The molecule has 30 heavy (non-hydrogen) atoms. The summed E-state index contributed by atoms with van der Waals surface area (Å²) in [6, 6.07) is 10.8. The fourth-order valence-corrected chi connectivity index (χ4v) is 3.81. The minimum Gasteiger partial charge on any atom is -0.493 e. The van der Waals surface area contributed by atoms with E-state index in [1.54, 1.807) is 14.2 Å². The molecular weight excluding hydrogens is 406 g/mol. The molecule has 2 aromatic rings. The molecule has 0 spiro atoms. The van der Waals surface area contributed by atoms with E-state index in [-0.39, 0.29) is 23.9 Å². The molecule has 1 amide bonds. The molecule has 0 radical (unpaired) electrons. The van der Waals surface area contributed by atoms with Gasteiger partial charge in [0, 0.05) is 6.54 Å². The van der Waals surface area contributed by atoms with Crippen LogP contribution in [0, 0.1) is 5.92 Å². The van der Waals surface area contributed by atoms with Gasteiger partial charge in [0.15, 0.2) is 11.5 Å². The third-order valence-electron chi connectivity index (χ3n) is 5.20. The first-order valence-corrected chi connectivity index (χ1v) is 10.3. The van der Waals surface area contributed by atoms with Crippen molar-refractivity contribution in [2.45, 2.75) is 25.9 Å². The molecule has 7 nitrogen and oxygen atoms in total. The van der Waals surface area contributed by atoms with Crippen LogP contribution in [0.1, 0.15) is 37.1 Å². The Morgan fingerprint density at radius 2 is 1.90 bits per heavy atom. The number of carbonyl (C=O) groups excluding carboxylic acids is 1. The van der Waals surface area contributed by atoms with Gasteiger partial charge in [-0.1, -0.05) is 23.7 Å². The number of halogens is 1. The number of carbonyl (C=O) groups is 1. The molecule has 0 bridgehead atoms. The van der Waals surface area contributed by atoms with Crippen molar-refractivity contribution in [2.75, 3.05) is 27.4 Å². The third-order valence-corrected chi connectivity index (χ3v) is 5.50. The van der Waals surface area contributed by atoms with Crippen molar-refractivity contribution in [2.24, 2.45) is 5.92 Å². The van der Waals surface area contributed by atoms with Crippen molar-refractivity contribution in [3.63, 3.8) is 0 Å². The van der Waals surface area contributed by atoms with Gasteiger partial charge in [0.25, 0.3) is 0 Å². The lowest BCUT2D eigenvalue weighted by atomic mass is 9.93. The highest BCUT2D eigenvalue weighted by molar-refractivity contribution is 6.32. The number of hydrogen-bond acceptors (Lipinski definition) is 6. The largest absolute Gasteiger partial charge is 0.493 e. The number of methoxy groups -OCH3 is 2. The van der Waals surface area contributed by atoms with E-state index in [0.717, 1.165) is 11.1 Å². The quantitative estimate of drug-likeness (QED) is 0.592. The van der Waals surface area contributed by atoms with Crippen LogP contribution in [-0.2, 0) is 4.79 Å². The van der Waals surface area contributed by atoms with Gasteiger partial charge in [-0.25, -0.2) is 5.43 Å². The first-order valence-electron chi connectivity index (χ1n) is 9.91. The van der Waals surface area contributed by atoms with E-state index < -0.39 is 0 Å². The highest BCUT2D eigenvalue weighted by Crippen LogP contribution is 2.33. The van der Waals surface area contributed by atoms with Gasteiger partial charge in [0.05, 0.1) is 43.9 Å². The number of ether oxygens (including phenoxy) is 3. The average Bonchev–Trinajstić information content (AvgIpc) is 3.24. The second kappa shape index (κ2) is 10.0. The molecule has 0 aromatic heterocycles. The predicted octanol–water partition coefficient (Wildman–Crippen LogP) is 3.40. The highest BCUT2D eigenvalue weighted by atomic mass is 35.5. The van der Waals surface area contributed by atoms with Crippen LogP contribution in [0.25, 0.3) is 0 Å². The van der Waals surface area contributed by atoms with Crippen LogP contribution in [0.15, 0.2) is 36.4 Å². The Hall–Kier alpha value is -2.48. The third kappa shape index (κ3) is 4.80. The standard InChI is InChI=1S/C22H28ClN3O4/c1-5-30-18-8-7-15(10-17(18)23)21-16(12-24-26-21)22(27)25-13(2)14-6-9-19(28-3)20(11-14)29-4/h6-11,13,16,21,24,26H,5,12H2,1-4H3,(H,25,27). The average molecular weight is 434 g/mol. The molecule has 3 N–H and O–H groups in total. The first kappa shape index (κ1) is 22.2. The van der Waals surface area contributed by atoms with Gasteiger partial charge in [0.2, 0.25) is 5.91 Å². The minimum atomic E-state index is -0.290. The SMILES string of the molecule is CCOc1ccc(C2NNCC2C(=O)NC(C)c2ccc(OC)c(OC)c2)cc1Cl. The molecule has 0 aliphatic carbocycles. The molecule has 1 aliphatic rings. The van der Waals surface area contributed by atoms with Crippen LogP contribution in [0.3, 0.4) is 0 Å². The van der Waals surface area contributed by atoms with Crippen LogP contribution in [-0.4, -0.2) is 33.3 Å². The van der Waals surface area contributed by atoms with Crippen LogP contribution >= 0.6 is 11.6 Å². The number of hydrazine groups is 1. The lowest BCUT2D eigenvalue weighted by Gasteiger charge is -2.22. The maximum absolute atomic E-state index is 13.0. The van der Waals surface area contributed by atoms with Gasteiger partial charge in [0.1, 0.15) is 5.75 Å². The van der Waals surface area contributed by atoms with Gasteiger partial charge in [-0.3, -0.25) is 10.2 Å². The fraction of sp³-hybridized carbons (Fsp3) is 0.409. The van der Waals surface area contributed by atoms with Gasteiger partial charge in [-0.05, 0) is 49.2 Å². The van der Waals surface area contributed by atoms with Crippen molar-refractivity contribution in [3.05, 3.63) is 52.5 Å². The summed E-state index contributed by atoms with van der Waals surface area (Å²) < 4.78 is 16.1. The second-order valence-corrected chi connectivity index (χ2v) is 7.48. The summed E-state index contributed by atoms with van der Waals surface area (Å²) in [5, 5.41) is 3.63. The lowest BCUT2D eigenvalue weighted by Crippen LogP contribution is -2.36. The smallest absolute Gasteiger partial charge is 0.226 e. The van der Waals surface area contributed by atoms with Crippen LogP contribution in [0.2, 0.25) is 5.02 Å². The molecule has 3 rings (SSSR count). The summed E-state index contributed by atoms with van der Waals surface area (Å²) in [4.78, 5) is 13.0. The molecule has 162 valence electrons. The highest BCUT2D eigenvalue weighted by Gasteiger charge is 2.35. The maximum atomic E-state index is 13.0. The van der Waals surface area contributed by atoms with E-state index in [2.05, 4.69) is 16.2 Å². The van der Waals surface area contributed by atoms with Gasteiger partial charge >= 0.3 is 0 Å². The Bertz CT molecular complexity index is 893. The summed E-state index contributed by atoms with van der Waals surface area (Å²) in [5.74, 6) is 1.57. The Balaban J connectivity index is 1.72. The van der Waals surface area contributed by atoms with E-state index >= 15 is 0 Å². The monoisotopic (exact) mass is 433 g/mol. The molecule has 3 unspecified atom stereocenters. The zero-order valence-electron chi connectivity index (χ0n) is 17.6. The minimum absolute atomic E-state index is 0.0511. The predicted molar refractivity (Wildman–Crippen MR) is 116 cm³/mol. The molecule has 1 aliphatic heterocycles. The Labute approximate surface area is 182 Å². The van der Waals surface area contributed by atoms with Gasteiger partial charge in [-0.15, -0.1) is 0 Å². The number of benzene rings is 2. The summed E-state index contributed by atoms with van der Waals surface area (Å²) in [5.41, 5.74) is 8.12. The van der Waals surface area contributed by atoms with E-state index in [0.29, 0.717) is 35.4 Å². The molecule has 8 heteroatoms. The first-order chi connectivity index (χ1) is 14.5. The van der Waals surface area contributed by atoms with Crippen molar-refractivity contribution < 1.29 is 19.0 Å². The molecular formula is C22H28ClN3O4. The normalized spacial score (nSPS) is 19.2. The molecule has 0 saturated carbocycles. The second-order valence-electron chi connectivity index (χ2n) is 7.08. The summed E-state index contributed by atoms with van der Waals surface area (Å²) >= 11 is 6.34. The van der Waals surface area contributed by atoms with E-state index in [1.165, 1.54) is 0 Å². The topological polar surface area (TPSA) is 80.9 Å². The Morgan fingerprint density at radius 3 is 2.57 bits per heavy atom. The Kier molecular flexibility index (Phi) is 7.42. The summed E-state index contributed by atoms with van der Waals surface area (Å²) in [6.45, 7) is 4.91. The van der Waals surface area contributed by atoms with E-state index in [4.69, 9.17) is 25.8 Å². The Morgan fingerprint density at radius 1 is 1.17 bits per heavy atom. The van der Waals surface area contributed by atoms with E-state index in [9.17, 15) is 4.79 Å². The van der Waals surface area contributed by atoms with E-state index in [1.807, 2.05) is 50.2 Å². The van der Waals surface area contributed by atoms with Crippen molar-refractivity contribution in [1.82, 2.24) is 16.2 Å². The van der Waals surface area contributed by atoms with Crippen molar-refractivity contribution >= 4 is 17.5 Å². The summed E-state index contributed by atoms with van der Waals surface area (Å²) in [7, 11) is 3.18.